The molecule has 146 valence electrons. The average molecular weight is 466 g/mol. The van der Waals surface area contributed by atoms with Crippen molar-refractivity contribution in [3.05, 3.63) is 0 Å². The Balaban J connectivity index is 0.00000312. The molecule has 6 nitrogen and oxygen atoms in total. The summed E-state index contributed by atoms with van der Waals surface area (Å²) in [6, 6.07) is 0. The molecule has 0 radical (unpaired) electrons. The highest BCUT2D eigenvalue weighted by molar-refractivity contribution is 14.0. The highest BCUT2D eigenvalue weighted by atomic mass is 127. The molecule has 0 aromatic rings. The van der Waals surface area contributed by atoms with E-state index in [4.69, 9.17) is 9.73 Å². The first kappa shape index (κ1) is 22.5. The van der Waals surface area contributed by atoms with Gasteiger partial charge in [-0.1, -0.05) is 13.8 Å². The van der Waals surface area contributed by atoms with Crippen LogP contribution in [0.4, 0.5) is 0 Å². The van der Waals surface area contributed by atoms with Crippen molar-refractivity contribution in [2.24, 2.45) is 22.7 Å². The van der Waals surface area contributed by atoms with Crippen LogP contribution in [0.2, 0.25) is 0 Å². The van der Waals surface area contributed by atoms with Gasteiger partial charge in [0.25, 0.3) is 0 Å². The van der Waals surface area contributed by atoms with Crippen LogP contribution in [-0.2, 0) is 9.53 Å². The Bertz CT molecular complexity index is 447. The zero-order valence-electron chi connectivity index (χ0n) is 16.2. The molecule has 0 spiro atoms. The van der Waals surface area contributed by atoms with Gasteiger partial charge < -0.3 is 19.9 Å². The number of ether oxygens (including phenoxy) is 1. The third kappa shape index (κ3) is 6.27. The number of carbonyl (C=O) groups excluding carboxylic acids is 1. The standard InChI is InChI=1S/C18H34N4O2.HI/c1-5-8-21-9-7-15(12-21)10-20-18(19-6-2)22-11-14(3)16(13-22)17(23)24-4;/h14-16H,5-13H2,1-4H3,(H,19,20);1H. The van der Waals surface area contributed by atoms with Gasteiger partial charge in [0.15, 0.2) is 5.96 Å². The highest BCUT2D eigenvalue weighted by Gasteiger charge is 2.37. The third-order valence-electron chi connectivity index (χ3n) is 5.16. The number of nitrogens with one attached hydrogen (secondary N) is 1. The second-order valence-corrected chi connectivity index (χ2v) is 7.16. The predicted molar refractivity (Wildman–Crippen MR) is 112 cm³/mol. The number of aliphatic imine (C=N–C) groups is 1. The summed E-state index contributed by atoms with van der Waals surface area (Å²) in [7, 11) is 1.47. The molecule has 3 atom stereocenters. The first-order chi connectivity index (χ1) is 11.6. The summed E-state index contributed by atoms with van der Waals surface area (Å²) in [5, 5.41) is 3.39. The van der Waals surface area contributed by atoms with Gasteiger partial charge in [-0.05, 0) is 44.7 Å². The number of methoxy groups -OCH3 is 1. The summed E-state index contributed by atoms with van der Waals surface area (Å²) in [6.07, 6.45) is 2.46. The molecule has 2 saturated heterocycles. The Hall–Kier alpha value is -0.570. The highest BCUT2D eigenvalue weighted by Crippen LogP contribution is 2.24. The van der Waals surface area contributed by atoms with E-state index in [9.17, 15) is 4.79 Å². The molecule has 25 heavy (non-hydrogen) atoms. The molecule has 3 unspecified atom stereocenters. The first-order valence-corrected chi connectivity index (χ1v) is 9.42. The molecule has 2 fully saturated rings. The zero-order chi connectivity index (χ0) is 17.5. The number of hydrogen-bond acceptors (Lipinski definition) is 4. The lowest BCUT2D eigenvalue weighted by Gasteiger charge is -2.22. The first-order valence-electron chi connectivity index (χ1n) is 9.42. The van der Waals surface area contributed by atoms with Crippen LogP contribution in [0.3, 0.4) is 0 Å². The summed E-state index contributed by atoms with van der Waals surface area (Å²) < 4.78 is 4.94. The molecule has 2 heterocycles. The van der Waals surface area contributed by atoms with E-state index in [2.05, 4.69) is 35.9 Å². The minimum atomic E-state index is -0.105. The molecule has 0 aromatic heterocycles. The fraction of sp³-hybridized carbons (Fsp3) is 0.889. The maximum atomic E-state index is 11.9. The summed E-state index contributed by atoms with van der Waals surface area (Å²) in [5.74, 6) is 1.75. The Morgan fingerprint density at radius 1 is 1.28 bits per heavy atom. The Morgan fingerprint density at radius 3 is 2.68 bits per heavy atom. The van der Waals surface area contributed by atoms with Crippen LogP contribution in [0.1, 0.15) is 33.6 Å². The van der Waals surface area contributed by atoms with E-state index in [0.29, 0.717) is 18.4 Å². The molecule has 2 aliphatic heterocycles. The monoisotopic (exact) mass is 466 g/mol. The number of halogens is 1. The molecule has 0 aliphatic carbocycles. The van der Waals surface area contributed by atoms with Crippen molar-refractivity contribution in [2.45, 2.75) is 33.6 Å². The fourth-order valence-electron chi connectivity index (χ4n) is 3.82. The maximum absolute atomic E-state index is 11.9. The van der Waals surface area contributed by atoms with Gasteiger partial charge in [-0.2, -0.15) is 0 Å². The van der Waals surface area contributed by atoms with Gasteiger partial charge in [-0.25, -0.2) is 0 Å². The van der Waals surface area contributed by atoms with E-state index in [1.165, 1.54) is 33.0 Å². The second-order valence-electron chi connectivity index (χ2n) is 7.16. The van der Waals surface area contributed by atoms with Gasteiger partial charge in [0.2, 0.25) is 0 Å². The van der Waals surface area contributed by atoms with E-state index in [1.54, 1.807) is 0 Å². The van der Waals surface area contributed by atoms with Gasteiger partial charge in [-0.15, -0.1) is 24.0 Å². The number of rotatable bonds is 6. The van der Waals surface area contributed by atoms with Gasteiger partial charge in [0.1, 0.15) is 0 Å². The second kappa shape index (κ2) is 11.2. The molecular weight excluding hydrogens is 431 g/mol. The smallest absolute Gasteiger partial charge is 0.310 e. The molecule has 2 rings (SSSR count). The van der Waals surface area contributed by atoms with E-state index in [1.807, 2.05) is 0 Å². The summed E-state index contributed by atoms with van der Waals surface area (Å²) in [6.45, 7) is 13.3. The lowest BCUT2D eigenvalue weighted by atomic mass is 9.99. The Morgan fingerprint density at radius 2 is 2.04 bits per heavy atom. The summed E-state index contributed by atoms with van der Waals surface area (Å²) in [5.41, 5.74) is 0. The molecule has 0 aromatic carbocycles. The number of guanidine groups is 1. The van der Waals surface area contributed by atoms with Crippen LogP contribution in [0, 0.1) is 17.8 Å². The van der Waals surface area contributed by atoms with E-state index < -0.39 is 0 Å². The summed E-state index contributed by atoms with van der Waals surface area (Å²) in [4.78, 5) is 21.5. The quantitative estimate of drug-likeness (QED) is 0.281. The van der Waals surface area contributed by atoms with Crippen molar-refractivity contribution in [1.29, 1.82) is 0 Å². The van der Waals surface area contributed by atoms with Crippen molar-refractivity contribution >= 4 is 35.9 Å². The molecule has 0 amide bonds. The number of hydrogen-bond donors (Lipinski definition) is 1. The maximum Gasteiger partial charge on any atom is 0.310 e. The SMILES string of the molecule is CCCN1CCC(CN=C(NCC)N2CC(C)C(C(=O)OC)C2)C1.I. The van der Waals surface area contributed by atoms with Crippen molar-refractivity contribution in [3.63, 3.8) is 0 Å². The molecule has 7 heteroatoms. The van der Waals surface area contributed by atoms with Crippen LogP contribution in [0.15, 0.2) is 4.99 Å². The van der Waals surface area contributed by atoms with Crippen LogP contribution in [-0.4, -0.2) is 74.7 Å². The number of likely N-dealkylation sites (tertiary alicyclic amines) is 2. The van der Waals surface area contributed by atoms with Crippen molar-refractivity contribution in [1.82, 2.24) is 15.1 Å². The fourth-order valence-corrected chi connectivity index (χ4v) is 3.82. The van der Waals surface area contributed by atoms with Gasteiger partial charge in [0.05, 0.1) is 13.0 Å². The van der Waals surface area contributed by atoms with E-state index in [0.717, 1.165) is 32.1 Å². The average Bonchev–Trinajstić information content (AvgIpc) is 3.18. The van der Waals surface area contributed by atoms with Gasteiger partial charge in [-0.3, -0.25) is 9.79 Å². The minimum Gasteiger partial charge on any atom is -0.469 e. The Kier molecular flexibility index (Phi) is 10.1. The van der Waals surface area contributed by atoms with Crippen LogP contribution in [0.25, 0.3) is 0 Å². The lowest BCUT2D eigenvalue weighted by molar-refractivity contribution is -0.145. The van der Waals surface area contributed by atoms with Gasteiger partial charge in [0, 0.05) is 32.7 Å². The number of carbonyl (C=O) groups is 1. The van der Waals surface area contributed by atoms with Crippen LogP contribution < -0.4 is 5.32 Å². The minimum absolute atomic E-state index is 0. The lowest BCUT2D eigenvalue weighted by Crippen LogP contribution is -2.41. The van der Waals surface area contributed by atoms with E-state index in [-0.39, 0.29) is 35.9 Å². The van der Waals surface area contributed by atoms with Crippen LogP contribution in [0.5, 0.6) is 0 Å². The predicted octanol–water partition coefficient (Wildman–Crippen LogP) is 2.04. The van der Waals surface area contributed by atoms with Crippen molar-refractivity contribution in [2.75, 3.05) is 52.9 Å². The van der Waals surface area contributed by atoms with Gasteiger partial charge >= 0.3 is 5.97 Å². The van der Waals surface area contributed by atoms with Crippen LogP contribution >= 0.6 is 24.0 Å². The van der Waals surface area contributed by atoms with E-state index >= 15 is 0 Å². The van der Waals surface area contributed by atoms with Crippen molar-refractivity contribution in [3.8, 4) is 0 Å². The molecule has 0 bridgehead atoms. The topological polar surface area (TPSA) is 57.2 Å². The molecule has 0 saturated carbocycles. The zero-order valence-corrected chi connectivity index (χ0v) is 18.5. The van der Waals surface area contributed by atoms with Crippen molar-refractivity contribution < 1.29 is 9.53 Å². The molecule has 1 N–H and O–H groups in total. The summed E-state index contributed by atoms with van der Waals surface area (Å²) >= 11 is 0. The molecular formula is C18H35IN4O2. The molecule has 2 aliphatic rings. The normalized spacial score (nSPS) is 27.3. The third-order valence-corrected chi connectivity index (χ3v) is 5.16. The number of nitrogens with zero attached hydrogens (tertiary/aromatic N) is 3. The number of esters is 1. The largest absolute Gasteiger partial charge is 0.469 e. The Labute approximate surface area is 169 Å².